The summed E-state index contributed by atoms with van der Waals surface area (Å²) in [6.07, 6.45) is 8.26. The SMILES string of the molecule is NCc1nc2ccc(NCC3CC=CCC3)cc2[nH]1. The molecule has 19 heavy (non-hydrogen) atoms. The van der Waals surface area contributed by atoms with Gasteiger partial charge in [-0.3, -0.25) is 0 Å². The molecule has 1 unspecified atom stereocenters. The second-order valence-electron chi connectivity index (χ2n) is 5.15. The molecule has 0 spiro atoms. The first-order valence-electron chi connectivity index (χ1n) is 6.93. The van der Waals surface area contributed by atoms with Crippen LogP contribution in [0.5, 0.6) is 0 Å². The number of rotatable bonds is 4. The largest absolute Gasteiger partial charge is 0.385 e. The maximum absolute atomic E-state index is 5.59. The Kier molecular flexibility index (Phi) is 3.51. The second kappa shape index (κ2) is 5.45. The molecule has 0 saturated carbocycles. The van der Waals surface area contributed by atoms with Crippen molar-refractivity contribution >= 4 is 16.7 Å². The normalized spacial score (nSPS) is 18.9. The van der Waals surface area contributed by atoms with Crippen molar-refractivity contribution in [1.29, 1.82) is 0 Å². The minimum Gasteiger partial charge on any atom is -0.385 e. The van der Waals surface area contributed by atoms with Gasteiger partial charge in [0.2, 0.25) is 0 Å². The van der Waals surface area contributed by atoms with Gasteiger partial charge in [-0.25, -0.2) is 4.98 Å². The number of allylic oxidation sites excluding steroid dienone is 2. The van der Waals surface area contributed by atoms with E-state index in [9.17, 15) is 0 Å². The molecule has 0 aliphatic heterocycles. The van der Waals surface area contributed by atoms with E-state index in [4.69, 9.17) is 5.73 Å². The Morgan fingerprint density at radius 3 is 3.11 bits per heavy atom. The first kappa shape index (κ1) is 12.2. The minimum atomic E-state index is 0.450. The van der Waals surface area contributed by atoms with Crippen molar-refractivity contribution < 1.29 is 0 Å². The van der Waals surface area contributed by atoms with Crippen LogP contribution in [-0.4, -0.2) is 16.5 Å². The number of hydrogen-bond donors (Lipinski definition) is 3. The zero-order valence-corrected chi connectivity index (χ0v) is 11.0. The van der Waals surface area contributed by atoms with Gasteiger partial charge in [-0.2, -0.15) is 0 Å². The van der Waals surface area contributed by atoms with E-state index in [0.717, 1.165) is 35.0 Å². The average molecular weight is 256 g/mol. The Morgan fingerprint density at radius 2 is 2.32 bits per heavy atom. The third-order valence-electron chi connectivity index (χ3n) is 3.70. The quantitative estimate of drug-likeness (QED) is 0.737. The molecular weight excluding hydrogens is 236 g/mol. The fourth-order valence-electron chi connectivity index (χ4n) is 2.57. The summed E-state index contributed by atoms with van der Waals surface area (Å²) >= 11 is 0. The summed E-state index contributed by atoms with van der Waals surface area (Å²) < 4.78 is 0. The summed E-state index contributed by atoms with van der Waals surface area (Å²) in [6, 6.07) is 6.23. The molecule has 1 heterocycles. The van der Waals surface area contributed by atoms with Crippen LogP contribution in [0, 0.1) is 5.92 Å². The van der Waals surface area contributed by atoms with E-state index >= 15 is 0 Å². The number of anilines is 1. The molecule has 1 atom stereocenters. The van der Waals surface area contributed by atoms with E-state index in [1.54, 1.807) is 0 Å². The van der Waals surface area contributed by atoms with Gasteiger partial charge in [0.05, 0.1) is 17.6 Å². The number of nitrogens with one attached hydrogen (secondary N) is 2. The van der Waals surface area contributed by atoms with Gasteiger partial charge in [0.15, 0.2) is 0 Å². The van der Waals surface area contributed by atoms with Gasteiger partial charge in [-0.1, -0.05) is 12.2 Å². The van der Waals surface area contributed by atoms with E-state index in [0.29, 0.717) is 6.54 Å². The molecular formula is C15H20N4. The fourth-order valence-corrected chi connectivity index (χ4v) is 2.57. The van der Waals surface area contributed by atoms with Crippen molar-refractivity contribution in [1.82, 2.24) is 9.97 Å². The summed E-state index contributed by atoms with van der Waals surface area (Å²) in [5.41, 5.74) is 8.77. The molecule has 4 N–H and O–H groups in total. The van der Waals surface area contributed by atoms with Crippen LogP contribution in [0.25, 0.3) is 11.0 Å². The van der Waals surface area contributed by atoms with Crippen molar-refractivity contribution in [3.8, 4) is 0 Å². The first-order chi connectivity index (χ1) is 9.35. The van der Waals surface area contributed by atoms with Gasteiger partial charge in [-0.05, 0) is 43.4 Å². The summed E-state index contributed by atoms with van der Waals surface area (Å²) in [5.74, 6) is 1.59. The van der Waals surface area contributed by atoms with Crippen molar-refractivity contribution in [3.63, 3.8) is 0 Å². The molecule has 0 fully saturated rings. The Labute approximate surface area is 113 Å². The lowest BCUT2D eigenvalue weighted by molar-refractivity contribution is 0.504. The lowest BCUT2D eigenvalue weighted by Gasteiger charge is -2.18. The van der Waals surface area contributed by atoms with Crippen LogP contribution in [0.3, 0.4) is 0 Å². The number of nitrogens with two attached hydrogens (primary N) is 1. The number of benzene rings is 1. The summed E-state index contributed by atoms with van der Waals surface area (Å²) in [6.45, 7) is 1.49. The van der Waals surface area contributed by atoms with Gasteiger partial charge in [0.1, 0.15) is 5.82 Å². The molecule has 1 aliphatic rings. The van der Waals surface area contributed by atoms with Crippen molar-refractivity contribution in [2.24, 2.45) is 11.7 Å². The summed E-state index contributed by atoms with van der Waals surface area (Å²) in [7, 11) is 0. The molecule has 1 aliphatic carbocycles. The van der Waals surface area contributed by atoms with Crippen LogP contribution in [0.1, 0.15) is 25.1 Å². The van der Waals surface area contributed by atoms with E-state index in [1.807, 2.05) is 6.07 Å². The number of fused-ring (bicyclic) bond motifs is 1. The number of hydrogen-bond acceptors (Lipinski definition) is 3. The zero-order chi connectivity index (χ0) is 13.1. The van der Waals surface area contributed by atoms with Crippen LogP contribution in [0.2, 0.25) is 0 Å². The third kappa shape index (κ3) is 2.79. The minimum absolute atomic E-state index is 0.450. The van der Waals surface area contributed by atoms with Crippen LogP contribution < -0.4 is 11.1 Å². The van der Waals surface area contributed by atoms with Crippen LogP contribution in [-0.2, 0) is 6.54 Å². The van der Waals surface area contributed by atoms with Crippen LogP contribution in [0.15, 0.2) is 30.4 Å². The smallest absolute Gasteiger partial charge is 0.121 e. The lowest BCUT2D eigenvalue weighted by Crippen LogP contribution is -2.15. The Morgan fingerprint density at radius 1 is 1.37 bits per heavy atom. The highest BCUT2D eigenvalue weighted by Crippen LogP contribution is 2.21. The highest BCUT2D eigenvalue weighted by molar-refractivity contribution is 5.79. The molecule has 4 heteroatoms. The highest BCUT2D eigenvalue weighted by atomic mass is 14.9. The number of aromatic amines is 1. The number of aromatic nitrogens is 2. The second-order valence-corrected chi connectivity index (χ2v) is 5.15. The number of H-pyrrole nitrogens is 1. The molecule has 0 bridgehead atoms. The van der Waals surface area contributed by atoms with E-state index in [1.165, 1.54) is 19.3 Å². The monoisotopic (exact) mass is 256 g/mol. The highest BCUT2D eigenvalue weighted by Gasteiger charge is 2.09. The standard InChI is InChI=1S/C15H20N4/c16-9-15-18-13-7-6-12(8-14(13)19-15)17-10-11-4-2-1-3-5-11/h1-2,6-8,11,17H,3-5,9-10,16H2,(H,18,19). The van der Waals surface area contributed by atoms with Gasteiger partial charge in [-0.15, -0.1) is 0 Å². The molecule has 100 valence electrons. The summed E-state index contributed by atoms with van der Waals surface area (Å²) in [4.78, 5) is 7.64. The molecule has 3 rings (SSSR count). The Hall–Kier alpha value is -1.81. The number of imidazole rings is 1. The average Bonchev–Trinajstić information content (AvgIpc) is 2.88. The molecule has 0 amide bonds. The Bertz CT molecular complexity index is 585. The van der Waals surface area contributed by atoms with Crippen molar-refractivity contribution in [3.05, 3.63) is 36.2 Å². The van der Waals surface area contributed by atoms with Crippen molar-refractivity contribution in [2.75, 3.05) is 11.9 Å². The van der Waals surface area contributed by atoms with Gasteiger partial charge < -0.3 is 16.0 Å². The zero-order valence-electron chi connectivity index (χ0n) is 11.0. The van der Waals surface area contributed by atoms with Crippen LogP contribution in [0.4, 0.5) is 5.69 Å². The van der Waals surface area contributed by atoms with Gasteiger partial charge in [0, 0.05) is 12.2 Å². The predicted molar refractivity (Wildman–Crippen MR) is 79.0 cm³/mol. The predicted octanol–water partition coefficient (Wildman–Crippen LogP) is 2.79. The van der Waals surface area contributed by atoms with Crippen molar-refractivity contribution in [2.45, 2.75) is 25.8 Å². The van der Waals surface area contributed by atoms with Gasteiger partial charge in [0.25, 0.3) is 0 Å². The van der Waals surface area contributed by atoms with E-state index in [2.05, 4.69) is 39.6 Å². The molecule has 4 nitrogen and oxygen atoms in total. The van der Waals surface area contributed by atoms with E-state index < -0.39 is 0 Å². The Balaban J connectivity index is 1.68. The molecule has 1 aromatic heterocycles. The topological polar surface area (TPSA) is 66.7 Å². The molecule has 0 radical (unpaired) electrons. The molecule has 0 saturated heterocycles. The van der Waals surface area contributed by atoms with Crippen LogP contribution >= 0.6 is 0 Å². The third-order valence-corrected chi connectivity index (χ3v) is 3.70. The first-order valence-corrected chi connectivity index (χ1v) is 6.93. The van der Waals surface area contributed by atoms with E-state index in [-0.39, 0.29) is 0 Å². The fraction of sp³-hybridized carbons (Fsp3) is 0.400. The summed E-state index contributed by atoms with van der Waals surface area (Å²) in [5, 5.41) is 3.52. The lowest BCUT2D eigenvalue weighted by atomic mass is 9.94. The number of nitrogens with zero attached hydrogens (tertiary/aromatic N) is 1. The molecule has 2 aromatic rings. The molecule has 1 aromatic carbocycles. The maximum atomic E-state index is 5.59. The maximum Gasteiger partial charge on any atom is 0.121 e. The van der Waals surface area contributed by atoms with Gasteiger partial charge >= 0.3 is 0 Å².